The minimum Gasteiger partial charge on any atom is -0.285 e. The van der Waals surface area contributed by atoms with Gasteiger partial charge in [-0.25, -0.2) is 9.48 Å². The Labute approximate surface area is 83.5 Å². The molecule has 0 bridgehead atoms. The van der Waals surface area contributed by atoms with Crippen LogP contribution < -0.4 is 5.69 Å². The van der Waals surface area contributed by atoms with Gasteiger partial charge in [-0.15, -0.1) is 0 Å². The van der Waals surface area contributed by atoms with Gasteiger partial charge >= 0.3 is 5.69 Å². The van der Waals surface area contributed by atoms with Crippen LogP contribution in [0.1, 0.15) is 26.2 Å². The quantitative estimate of drug-likeness (QED) is 0.722. The molecule has 1 fully saturated rings. The predicted octanol–water partition coefficient (Wildman–Crippen LogP) is 1.02. The normalized spacial score (nSPS) is 19.3. The highest BCUT2D eigenvalue weighted by atomic mass is 16.2. The minimum atomic E-state index is -0.00354. The molecule has 1 unspecified atom stereocenters. The molecular weight excluding hydrogens is 178 g/mol. The molecule has 0 spiro atoms. The molecule has 0 amide bonds. The maximum atomic E-state index is 11.5. The lowest BCUT2D eigenvalue weighted by Crippen LogP contribution is -2.30. The topological polar surface area (TPSA) is 39.8 Å². The van der Waals surface area contributed by atoms with Gasteiger partial charge in [0.05, 0.1) is 0 Å². The van der Waals surface area contributed by atoms with Gasteiger partial charge in [-0.1, -0.05) is 26.2 Å². The number of aromatic nitrogens is 3. The molecule has 1 aliphatic carbocycles. The van der Waals surface area contributed by atoms with E-state index in [2.05, 4.69) is 12.0 Å². The average Bonchev–Trinajstić information content (AvgIpc) is 2.33. The Bertz CT molecular complexity index is 362. The molecule has 78 valence electrons. The van der Waals surface area contributed by atoms with Crippen LogP contribution >= 0.6 is 0 Å². The Morgan fingerprint density at radius 1 is 1.64 bits per heavy atom. The molecule has 0 radical (unpaired) electrons. The van der Waals surface area contributed by atoms with Gasteiger partial charge in [0.25, 0.3) is 0 Å². The first-order valence-electron chi connectivity index (χ1n) is 5.27. The van der Waals surface area contributed by atoms with Crippen molar-refractivity contribution in [2.75, 3.05) is 0 Å². The second-order valence-electron chi connectivity index (χ2n) is 4.37. The first-order valence-corrected chi connectivity index (χ1v) is 5.27. The summed E-state index contributed by atoms with van der Waals surface area (Å²) < 4.78 is 3.09. The highest BCUT2D eigenvalue weighted by molar-refractivity contribution is 4.76. The van der Waals surface area contributed by atoms with E-state index in [-0.39, 0.29) is 5.69 Å². The lowest BCUT2D eigenvalue weighted by molar-refractivity contribution is 0.194. The van der Waals surface area contributed by atoms with Crippen molar-refractivity contribution in [1.29, 1.82) is 0 Å². The van der Waals surface area contributed by atoms with E-state index < -0.39 is 0 Å². The van der Waals surface area contributed by atoms with Crippen molar-refractivity contribution in [2.24, 2.45) is 18.9 Å². The predicted molar refractivity (Wildman–Crippen MR) is 54.0 cm³/mol. The van der Waals surface area contributed by atoms with Gasteiger partial charge < -0.3 is 0 Å². The lowest BCUT2D eigenvalue weighted by atomic mass is 9.77. The molecule has 0 N–H and O–H groups in total. The SMILES string of the molecule is CC(Cn1ncn(C)c1=O)C1CCC1. The summed E-state index contributed by atoms with van der Waals surface area (Å²) in [5, 5.41) is 4.06. The molecule has 4 heteroatoms. The van der Waals surface area contributed by atoms with Crippen LogP contribution in [-0.4, -0.2) is 14.3 Å². The third-order valence-corrected chi connectivity index (χ3v) is 3.30. The van der Waals surface area contributed by atoms with Crippen LogP contribution in [0.5, 0.6) is 0 Å². The van der Waals surface area contributed by atoms with Gasteiger partial charge in [0.15, 0.2) is 0 Å². The summed E-state index contributed by atoms with van der Waals surface area (Å²) in [4.78, 5) is 11.5. The van der Waals surface area contributed by atoms with Gasteiger partial charge in [0.2, 0.25) is 0 Å². The van der Waals surface area contributed by atoms with E-state index in [0.717, 1.165) is 12.5 Å². The Morgan fingerprint density at radius 3 is 2.79 bits per heavy atom. The Hall–Kier alpha value is -1.06. The largest absolute Gasteiger partial charge is 0.345 e. The maximum absolute atomic E-state index is 11.5. The lowest BCUT2D eigenvalue weighted by Gasteiger charge is -2.31. The second-order valence-corrected chi connectivity index (χ2v) is 4.37. The van der Waals surface area contributed by atoms with E-state index in [1.165, 1.54) is 23.8 Å². The van der Waals surface area contributed by atoms with Gasteiger partial charge in [-0.2, -0.15) is 5.10 Å². The molecule has 1 atom stereocenters. The molecule has 0 aromatic carbocycles. The number of aryl methyl sites for hydroxylation is 1. The number of rotatable bonds is 3. The van der Waals surface area contributed by atoms with Crippen molar-refractivity contribution in [3.8, 4) is 0 Å². The van der Waals surface area contributed by atoms with E-state index in [9.17, 15) is 4.79 Å². The summed E-state index contributed by atoms with van der Waals surface area (Å²) in [6.07, 6.45) is 5.58. The monoisotopic (exact) mass is 195 g/mol. The summed E-state index contributed by atoms with van der Waals surface area (Å²) in [6.45, 7) is 2.98. The standard InChI is InChI=1S/C10H17N3O/c1-8(9-4-3-5-9)6-13-10(14)12(2)7-11-13/h7-9H,3-6H2,1-2H3. The average molecular weight is 195 g/mol. The van der Waals surface area contributed by atoms with Crippen LogP contribution in [0.15, 0.2) is 11.1 Å². The molecule has 1 heterocycles. The number of hydrogen-bond acceptors (Lipinski definition) is 2. The number of nitrogens with zero attached hydrogens (tertiary/aromatic N) is 3. The third-order valence-electron chi connectivity index (χ3n) is 3.30. The summed E-state index contributed by atoms with van der Waals surface area (Å²) in [7, 11) is 1.74. The molecule has 0 aliphatic heterocycles. The van der Waals surface area contributed by atoms with Crippen LogP contribution in [0.2, 0.25) is 0 Å². The van der Waals surface area contributed by atoms with E-state index in [1.54, 1.807) is 18.1 Å². The van der Waals surface area contributed by atoms with Gasteiger partial charge in [-0.05, 0) is 11.8 Å². The van der Waals surface area contributed by atoms with Crippen molar-refractivity contribution in [3.05, 3.63) is 16.8 Å². The fourth-order valence-electron chi connectivity index (χ4n) is 1.98. The number of hydrogen-bond donors (Lipinski definition) is 0. The summed E-state index contributed by atoms with van der Waals surface area (Å²) >= 11 is 0. The molecule has 0 saturated heterocycles. The van der Waals surface area contributed by atoms with Gasteiger partial charge in [0.1, 0.15) is 6.33 Å². The molecular formula is C10H17N3O. The van der Waals surface area contributed by atoms with Crippen LogP contribution in [0, 0.1) is 11.8 Å². The molecule has 1 aromatic heterocycles. The fraction of sp³-hybridized carbons (Fsp3) is 0.800. The van der Waals surface area contributed by atoms with Gasteiger partial charge in [-0.3, -0.25) is 4.57 Å². The summed E-state index contributed by atoms with van der Waals surface area (Å²) in [6, 6.07) is 0. The first-order chi connectivity index (χ1) is 6.68. The van der Waals surface area contributed by atoms with Crippen molar-refractivity contribution in [2.45, 2.75) is 32.7 Å². The first kappa shape index (κ1) is 9.49. The Balaban J connectivity index is 2.02. The zero-order valence-electron chi connectivity index (χ0n) is 8.81. The molecule has 1 aliphatic rings. The summed E-state index contributed by atoms with van der Waals surface area (Å²) in [5.41, 5.74) is -0.00354. The van der Waals surface area contributed by atoms with Crippen LogP contribution in [-0.2, 0) is 13.6 Å². The van der Waals surface area contributed by atoms with Crippen LogP contribution in [0.4, 0.5) is 0 Å². The van der Waals surface area contributed by atoms with E-state index >= 15 is 0 Å². The zero-order chi connectivity index (χ0) is 10.1. The molecule has 2 rings (SSSR count). The van der Waals surface area contributed by atoms with Crippen LogP contribution in [0.3, 0.4) is 0 Å². The zero-order valence-corrected chi connectivity index (χ0v) is 8.81. The Morgan fingerprint density at radius 2 is 2.36 bits per heavy atom. The van der Waals surface area contributed by atoms with Crippen molar-refractivity contribution >= 4 is 0 Å². The minimum absolute atomic E-state index is 0.00354. The van der Waals surface area contributed by atoms with E-state index in [0.29, 0.717) is 5.92 Å². The third kappa shape index (κ3) is 1.61. The smallest absolute Gasteiger partial charge is 0.285 e. The van der Waals surface area contributed by atoms with E-state index in [4.69, 9.17) is 0 Å². The van der Waals surface area contributed by atoms with Gasteiger partial charge in [0, 0.05) is 13.6 Å². The second kappa shape index (κ2) is 3.59. The molecule has 1 aromatic rings. The summed E-state index contributed by atoms with van der Waals surface area (Å²) in [5.74, 6) is 1.39. The van der Waals surface area contributed by atoms with Crippen molar-refractivity contribution < 1.29 is 0 Å². The van der Waals surface area contributed by atoms with E-state index in [1.807, 2.05) is 0 Å². The fourth-order valence-corrected chi connectivity index (χ4v) is 1.98. The molecule has 14 heavy (non-hydrogen) atoms. The van der Waals surface area contributed by atoms with Crippen LogP contribution in [0.25, 0.3) is 0 Å². The molecule has 1 saturated carbocycles. The van der Waals surface area contributed by atoms with Crippen molar-refractivity contribution in [3.63, 3.8) is 0 Å². The van der Waals surface area contributed by atoms with Crippen molar-refractivity contribution in [1.82, 2.24) is 14.3 Å². The highest BCUT2D eigenvalue weighted by Gasteiger charge is 2.24. The highest BCUT2D eigenvalue weighted by Crippen LogP contribution is 2.33. The molecule has 4 nitrogen and oxygen atoms in total. The Kier molecular flexibility index (Phi) is 2.44. The maximum Gasteiger partial charge on any atom is 0.345 e.